The van der Waals surface area contributed by atoms with Crippen LogP contribution in [0.25, 0.3) is 0 Å². The number of esters is 1. The molecule has 0 spiro atoms. The zero-order chi connectivity index (χ0) is 25.0. The molecule has 0 radical (unpaired) electrons. The van der Waals surface area contributed by atoms with Gasteiger partial charge in [-0.05, 0) is 47.1 Å². The summed E-state index contributed by atoms with van der Waals surface area (Å²) >= 11 is 7.46. The fraction of sp³-hybridized carbons (Fsp3) is 0.792. The Labute approximate surface area is 207 Å². The number of rotatable bonds is 3. The van der Waals surface area contributed by atoms with Crippen LogP contribution in [0.5, 0.6) is 0 Å². The van der Waals surface area contributed by atoms with Gasteiger partial charge in [-0.1, -0.05) is 94.3 Å². The fourth-order valence-corrected chi connectivity index (χ4v) is 19.9. The molecular formula is C24H42ClNO2P4. The van der Waals surface area contributed by atoms with E-state index in [9.17, 15) is 4.79 Å². The van der Waals surface area contributed by atoms with E-state index in [2.05, 4.69) is 87.2 Å². The lowest BCUT2D eigenvalue weighted by atomic mass is 9.88. The number of allylic oxidation sites excluding steroid dienone is 2. The topological polar surface area (TPSA) is 31.2 Å². The first-order chi connectivity index (χ1) is 14.2. The third kappa shape index (κ3) is 5.66. The molecule has 32 heavy (non-hydrogen) atoms. The Morgan fingerprint density at radius 3 is 1.81 bits per heavy atom. The van der Waals surface area contributed by atoms with Crippen molar-refractivity contribution in [2.45, 2.75) is 101 Å². The first kappa shape index (κ1) is 28.7. The van der Waals surface area contributed by atoms with E-state index in [-0.39, 0.29) is 27.6 Å². The normalized spacial score (nSPS) is 23.6. The van der Waals surface area contributed by atoms with E-state index in [1.54, 1.807) is 0 Å². The molecule has 1 aliphatic heterocycles. The van der Waals surface area contributed by atoms with Gasteiger partial charge in [-0.15, -0.1) is 0 Å². The number of hydrogen-bond acceptors (Lipinski definition) is 2. The van der Waals surface area contributed by atoms with Gasteiger partial charge < -0.3 is 4.74 Å². The zero-order valence-corrected chi connectivity index (χ0v) is 26.5. The Kier molecular flexibility index (Phi) is 8.54. The minimum absolute atomic E-state index is 0.00829. The number of ether oxygens (including phenoxy) is 1. The van der Waals surface area contributed by atoms with E-state index in [4.69, 9.17) is 16.0 Å². The van der Waals surface area contributed by atoms with E-state index in [0.29, 0.717) is 12.0 Å². The largest absolute Gasteiger partial charge is 0.461 e. The molecule has 3 atom stereocenters. The van der Waals surface area contributed by atoms with Gasteiger partial charge in [0.05, 0.1) is 14.6 Å². The molecule has 3 nitrogen and oxygen atoms in total. The van der Waals surface area contributed by atoms with Gasteiger partial charge >= 0.3 is 5.97 Å². The van der Waals surface area contributed by atoms with Gasteiger partial charge in [0.2, 0.25) is 0 Å². The van der Waals surface area contributed by atoms with Crippen LogP contribution in [0.15, 0.2) is 10.6 Å². The molecule has 2 heterocycles. The Morgan fingerprint density at radius 2 is 1.44 bits per heavy atom. The first-order valence-electron chi connectivity index (χ1n) is 11.4. The minimum atomic E-state index is -0.859. The molecule has 0 saturated carbocycles. The summed E-state index contributed by atoms with van der Waals surface area (Å²) in [5.74, 6) is -0.179. The summed E-state index contributed by atoms with van der Waals surface area (Å²) in [4.78, 5) is 13.4. The molecule has 0 aliphatic carbocycles. The Hall–Kier alpha value is 0.500. The van der Waals surface area contributed by atoms with Crippen molar-refractivity contribution in [3.63, 3.8) is 0 Å². The molecule has 0 N–H and O–H groups in total. The highest BCUT2D eigenvalue weighted by Crippen LogP contribution is 2.85. The van der Waals surface area contributed by atoms with Crippen LogP contribution in [0.4, 0.5) is 0 Å². The summed E-state index contributed by atoms with van der Waals surface area (Å²) in [6, 6.07) is 0. The second kappa shape index (κ2) is 9.51. The molecule has 0 amide bonds. The summed E-state index contributed by atoms with van der Waals surface area (Å²) in [5.41, 5.74) is 0.688. The van der Waals surface area contributed by atoms with Crippen LogP contribution in [-0.2, 0) is 10.2 Å². The lowest BCUT2D eigenvalue weighted by Gasteiger charge is -2.38. The van der Waals surface area contributed by atoms with E-state index in [1.807, 2.05) is 6.92 Å². The van der Waals surface area contributed by atoms with Crippen molar-refractivity contribution >= 4 is 48.5 Å². The summed E-state index contributed by atoms with van der Waals surface area (Å²) in [6.07, 6.45) is 0. The average Bonchev–Trinajstić information content (AvgIpc) is 3.11. The Morgan fingerprint density at radius 1 is 0.938 bits per heavy atom. The molecule has 0 saturated heterocycles. The molecule has 3 unspecified atom stereocenters. The number of aromatic nitrogens is 1. The van der Waals surface area contributed by atoms with Crippen LogP contribution in [0.2, 0.25) is 0 Å². The van der Waals surface area contributed by atoms with Gasteiger partial charge in [0, 0.05) is 26.0 Å². The van der Waals surface area contributed by atoms with Gasteiger partial charge in [0.1, 0.15) is 5.69 Å². The maximum Gasteiger partial charge on any atom is 0.356 e. The van der Waals surface area contributed by atoms with Gasteiger partial charge in [-0.3, -0.25) is 4.10 Å². The van der Waals surface area contributed by atoms with Gasteiger partial charge in [0.25, 0.3) is 0 Å². The van der Waals surface area contributed by atoms with Crippen molar-refractivity contribution in [3.8, 4) is 0 Å². The van der Waals surface area contributed by atoms with Crippen LogP contribution in [-0.4, -0.2) is 22.1 Å². The van der Waals surface area contributed by atoms with Crippen molar-refractivity contribution in [1.29, 1.82) is 0 Å². The third-order valence-corrected chi connectivity index (χ3v) is 18.3. The standard InChI is InChI=1S/C24H42ClNO2P4/c1-14-28-19(27)15-16(21(2,3)4)29-30-26(15)32-18(23(8,9)10)17(22(5,6)7)31(25)20(32)24(11,12)13/h20H,14H2,1-13H3. The average molecular weight is 536 g/mol. The Balaban J connectivity index is 2.98. The van der Waals surface area contributed by atoms with E-state index >= 15 is 0 Å². The van der Waals surface area contributed by atoms with E-state index in [1.165, 1.54) is 23.8 Å². The van der Waals surface area contributed by atoms with Crippen LogP contribution >= 0.6 is 42.5 Å². The maximum absolute atomic E-state index is 13.4. The van der Waals surface area contributed by atoms with E-state index in [0.717, 1.165) is 13.7 Å². The first-order valence-corrected chi connectivity index (χ1v) is 17.5. The number of carbonyl (C=O) groups excluding carboxylic acids is 1. The van der Waals surface area contributed by atoms with Crippen molar-refractivity contribution in [3.05, 3.63) is 21.6 Å². The molecule has 182 valence electrons. The van der Waals surface area contributed by atoms with Gasteiger partial charge in [-0.2, -0.15) is 0 Å². The summed E-state index contributed by atoms with van der Waals surface area (Å²) < 4.78 is 8.04. The fourth-order valence-electron chi connectivity index (χ4n) is 4.14. The van der Waals surface area contributed by atoms with Crippen molar-refractivity contribution < 1.29 is 9.53 Å². The number of hydrogen-bond donors (Lipinski definition) is 0. The smallest absolute Gasteiger partial charge is 0.356 e. The second-order valence-corrected chi connectivity index (χ2v) is 20.6. The second-order valence-electron chi connectivity index (χ2n) is 12.7. The molecular weight excluding hydrogens is 494 g/mol. The SMILES string of the molecule is CCOC(=O)c1c(C(C)(C)C)ppn1P1C(C(C)(C)C)=C(C(C)(C)C)P(Cl)C1C(C)(C)C. The highest BCUT2D eigenvalue weighted by atomic mass is 35.7. The molecule has 1 aromatic rings. The highest BCUT2D eigenvalue weighted by molar-refractivity contribution is 8.00. The number of carbonyl (C=O) groups is 1. The van der Waals surface area contributed by atoms with Crippen LogP contribution in [0.3, 0.4) is 0 Å². The van der Waals surface area contributed by atoms with Crippen LogP contribution < -0.4 is 0 Å². The molecule has 0 aromatic carbocycles. The summed E-state index contributed by atoms with van der Waals surface area (Å²) in [6.45, 7) is 29.7. The summed E-state index contributed by atoms with van der Waals surface area (Å²) in [7, 11) is 0.658. The van der Waals surface area contributed by atoms with E-state index < -0.39 is 15.3 Å². The predicted molar refractivity (Wildman–Crippen MR) is 148 cm³/mol. The molecule has 8 heteroatoms. The lowest BCUT2D eigenvalue weighted by Crippen LogP contribution is -2.25. The predicted octanol–water partition coefficient (Wildman–Crippen LogP) is 10.7. The molecule has 1 aliphatic rings. The molecule has 0 fully saturated rings. The third-order valence-electron chi connectivity index (χ3n) is 5.35. The Bertz CT molecular complexity index is 895. The van der Waals surface area contributed by atoms with Gasteiger partial charge in [-0.25, -0.2) is 4.79 Å². The zero-order valence-electron chi connectivity index (χ0n) is 22.2. The van der Waals surface area contributed by atoms with Crippen LogP contribution in [0, 0.1) is 16.2 Å². The van der Waals surface area contributed by atoms with Gasteiger partial charge in [0.15, 0.2) is 0 Å². The van der Waals surface area contributed by atoms with Crippen molar-refractivity contribution in [2.24, 2.45) is 16.2 Å². The molecule has 0 bridgehead atoms. The lowest BCUT2D eigenvalue weighted by molar-refractivity contribution is 0.0517. The highest BCUT2D eigenvalue weighted by Gasteiger charge is 2.54. The summed E-state index contributed by atoms with van der Waals surface area (Å²) in [5, 5.41) is 4.42. The van der Waals surface area contributed by atoms with Crippen molar-refractivity contribution in [1.82, 2.24) is 4.10 Å². The quantitative estimate of drug-likeness (QED) is 0.285. The molecule has 2 rings (SSSR count). The minimum Gasteiger partial charge on any atom is -0.461 e. The van der Waals surface area contributed by atoms with Crippen LogP contribution in [0.1, 0.15) is 106 Å². The monoisotopic (exact) mass is 535 g/mol. The molecule has 1 aromatic heterocycles. The maximum atomic E-state index is 13.4. The van der Waals surface area contributed by atoms with Crippen molar-refractivity contribution in [2.75, 3.05) is 6.61 Å². The number of nitrogens with zero attached hydrogens (tertiary/aromatic N) is 1. The number of halogens is 1.